The Bertz CT molecular complexity index is 627. The average molecular weight is 377 g/mol. The average Bonchev–Trinajstić information content (AvgIpc) is 2.46. The summed E-state index contributed by atoms with van der Waals surface area (Å²) >= 11 is 3.27. The van der Waals surface area contributed by atoms with E-state index in [1.54, 1.807) is 36.1 Å². The van der Waals surface area contributed by atoms with Crippen molar-refractivity contribution in [2.45, 2.75) is 17.9 Å². The zero-order valence-electron chi connectivity index (χ0n) is 11.6. The minimum atomic E-state index is -3.52. The first-order chi connectivity index (χ1) is 9.82. The van der Waals surface area contributed by atoms with Gasteiger partial charge < -0.3 is 5.11 Å². The number of nitrogens with zero attached hydrogens (tertiary/aromatic N) is 2. The van der Waals surface area contributed by atoms with Gasteiger partial charge in [-0.2, -0.15) is 4.31 Å². The summed E-state index contributed by atoms with van der Waals surface area (Å²) < 4.78 is 27.2. The normalized spacial score (nSPS) is 19.3. The van der Waals surface area contributed by atoms with E-state index >= 15 is 0 Å². The zero-order chi connectivity index (χ0) is 15.6. The number of piperazine rings is 1. The lowest BCUT2D eigenvalue weighted by Crippen LogP contribution is -2.53. The SMILES string of the molecule is C[C@H](C(=O)O)N1CCN(S(=O)(=O)c2cccc(Br)c2)CC1. The fourth-order valence-corrected chi connectivity index (χ4v) is 4.28. The fourth-order valence-electron chi connectivity index (χ4n) is 2.26. The van der Waals surface area contributed by atoms with Crippen LogP contribution in [0, 0.1) is 0 Å². The predicted octanol–water partition coefficient (Wildman–Crippen LogP) is 1.23. The highest BCUT2D eigenvalue weighted by molar-refractivity contribution is 9.10. The highest BCUT2D eigenvalue weighted by Crippen LogP contribution is 2.21. The van der Waals surface area contributed by atoms with Gasteiger partial charge in [0.1, 0.15) is 6.04 Å². The first-order valence-electron chi connectivity index (χ1n) is 6.55. The van der Waals surface area contributed by atoms with Gasteiger partial charge in [-0.3, -0.25) is 9.69 Å². The second kappa shape index (κ2) is 6.43. The zero-order valence-corrected chi connectivity index (χ0v) is 14.0. The molecule has 6 nitrogen and oxygen atoms in total. The van der Waals surface area contributed by atoms with E-state index in [0.717, 1.165) is 0 Å². The van der Waals surface area contributed by atoms with Crippen LogP contribution in [-0.4, -0.2) is 60.9 Å². The third-order valence-corrected chi connectivity index (χ3v) is 6.00. The van der Waals surface area contributed by atoms with Crippen molar-refractivity contribution in [1.82, 2.24) is 9.21 Å². The molecule has 1 aliphatic rings. The Hall–Kier alpha value is -0.960. The Morgan fingerprint density at radius 2 is 1.90 bits per heavy atom. The summed E-state index contributed by atoms with van der Waals surface area (Å²) in [4.78, 5) is 13.0. The lowest BCUT2D eigenvalue weighted by atomic mass is 10.2. The van der Waals surface area contributed by atoms with Crippen molar-refractivity contribution >= 4 is 31.9 Å². The quantitative estimate of drug-likeness (QED) is 0.854. The first kappa shape index (κ1) is 16.4. The molecule has 1 aliphatic heterocycles. The molecule has 2 rings (SSSR count). The number of hydrogen-bond acceptors (Lipinski definition) is 4. The van der Waals surface area contributed by atoms with E-state index in [1.165, 1.54) is 4.31 Å². The number of carboxylic acids is 1. The van der Waals surface area contributed by atoms with Crippen molar-refractivity contribution in [3.05, 3.63) is 28.7 Å². The lowest BCUT2D eigenvalue weighted by molar-refractivity contribution is -0.143. The Kier molecular flexibility index (Phi) is 5.03. The standard InChI is InChI=1S/C13H17BrN2O4S/c1-10(13(17)18)15-5-7-16(8-6-15)21(19,20)12-4-2-3-11(14)9-12/h2-4,9-10H,5-8H2,1H3,(H,17,18)/t10-/m1/s1. The molecule has 0 saturated carbocycles. The molecule has 1 saturated heterocycles. The first-order valence-corrected chi connectivity index (χ1v) is 8.78. The van der Waals surface area contributed by atoms with Crippen molar-refractivity contribution in [2.24, 2.45) is 0 Å². The molecule has 1 aromatic carbocycles. The van der Waals surface area contributed by atoms with Crippen LogP contribution in [0.4, 0.5) is 0 Å². The molecule has 0 aromatic heterocycles. The minimum Gasteiger partial charge on any atom is -0.480 e. The van der Waals surface area contributed by atoms with Gasteiger partial charge in [0, 0.05) is 30.7 Å². The van der Waals surface area contributed by atoms with Crippen LogP contribution in [0.15, 0.2) is 33.6 Å². The molecule has 0 amide bonds. The van der Waals surface area contributed by atoms with Crippen molar-refractivity contribution in [3.63, 3.8) is 0 Å². The van der Waals surface area contributed by atoms with Crippen LogP contribution < -0.4 is 0 Å². The Balaban J connectivity index is 2.09. The number of halogens is 1. The summed E-state index contributed by atoms with van der Waals surface area (Å²) in [6.07, 6.45) is 0. The van der Waals surface area contributed by atoms with Crippen LogP contribution in [0.5, 0.6) is 0 Å². The third kappa shape index (κ3) is 3.63. The summed E-state index contributed by atoms with van der Waals surface area (Å²) in [5.74, 6) is -0.890. The Morgan fingerprint density at radius 1 is 1.29 bits per heavy atom. The van der Waals surface area contributed by atoms with E-state index in [0.29, 0.717) is 30.7 Å². The molecule has 1 heterocycles. The fraction of sp³-hybridized carbons (Fsp3) is 0.462. The van der Waals surface area contributed by atoms with Gasteiger partial charge in [0.15, 0.2) is 0 Å². The summed E-state index contributed by atoms with van der Waals surface area (Å²) in [7, 11) is -3.52. The summed E-state index contributed by atoms with van der Waals surface area (Å²) in [5, 5.41) is 8.99. The molecule has 0 spiro atoms. The number of carbonyl (C=O) groups is 1. The predicted molar refractivity (Wildman–Crippen MR) is 81.6 cm³/mol. The van der Waals surface area contributed by atoms with Gasteiger partial charge in [-0.05, 0) is 25.1 Å². The second-order valence-corrected chi connectivity index (χ2v) is 7.77. The number of rotatable bonds is 4. The Labute approximate surface area is 132 Å². The highest BCUT2D eigenvalue weighted by atomic mass is 79.9. The number of benzene rings is 1. The van der Waals surface area contributed by atoms with Gasteiger partial charge in [0.25, 0.3) is 0 Å². The van der Waals surface area contributed by atoms with Crippen LogP contribution >= 0.6 is 15.9 Å². The smallest absolute Gasteiger partial charge is 0.320 e. The molecule has 1 atom stereocenters. The van der Waals surface area contributed by atoms with Crippen LogP contribution in [-0.2, 0) is 14.8 Å². The van der Waals surface area contributed by atoms with E-state index in [2.05, 4.69) is 15.9 Å². The molecule has 0 unspecified atom stereocenters. The van der Waals surface area contributed by atoms with Gasteiger partial charge in [-0.1, -0.05) is 22.0 Å². The Morgan fingerprint density at radius 3 is 2.43 bits per heavy atom. The molecule has 0 aliphatic carbocycles. The van der Waals surface area contributed by atoms with E-state index in [-0.39, 0.29) is 4.90 Å². The van der Waals surface area contributed by atoms with Gasteiger partial charge >= 0.3 is 5.97 Å². The molecule has 8 heteroatoms. The lowest BCUT2D eigenvalue weighted by Gasteiger charge is -2.35. The van der Waals surface area contributed by atoms with Crippen LogP contribution in [0.25, 0.3) is 0 Å². The maximum absolute atomic E-state index is 12.5. The molecular formula is C13H17BrN2O4S. The number of carboxylic acid groups (broad SMARTS) is 1. The third-order valence-electron chi connectivity index (χ3n) is 3.61. The molecule has 21 heavy (non-hydrogen) atoms. The van der Waals surface area contributed by atoms with Gasteiger partial charge in [-0.25, -0.2) is 8.42 Å². The van der Waals surface area contributed by atoms with Crippen molar-refractivity contribution < 1.29 is 18.3 Å². The molecule has 0 radical (unpaired) electrons. The largest absolute Gasteiger partial charge is 0.480 e. The van der Waals surface area contributed by atoms with Crippen molar-refractivity contribution in [2.75, 3.05) is 26.2 Å². The van der Waals surface area contributed by atoms with E-state index in [1.807, 2.05) is 0 Å². The molecule has 116 valence electrons. The maximum atomic E-state index is 12.5. The van der Waals surface area contributed by atoms with Crippen molar-refractivity contribution in [3.8, 4) is 0 Å². The number of sulfonamides is 1. The van der Waals surface area contributed by atoms with Crippen LogP contribution in [0.1, 0.15) is 6.92 Å². The molecule has 1 fully saturated rings. The number of aliphatic carboxylic acids is 1. The highest BCUT2D eigenvalue weighted by Gasteiger charge is 2.31. The van der Waals surface area contributed by atoms with Crippen LogP contribution in [0.3, 0.4) is 0 Å². The van der Waals surface area contributed by atoms with E-state index in [9.17, 15) is 13.2 Å². The summed E-state index contributed by atoms with van der Waals surface area (Å²) in [6, 6.07) is 5.99. The summed E-state index contributed by atoms with van der Waals surface area (Å²) in [5.41, 5.74) is 0. The van der Waals surface area contributed by atoms with Gasteiger partial charge in [0.2, 0.25) is 10.0 Å². The summed E-state index contributed by atoms with van der Waals surface area (Å²) in [6.45, 7) is 3.04. The van der Waals surface area contributed by atoms with Crippen LogP contribution in [0.2, 0.25) is 0 Å². The molecule has 0 bridgehead atoms. The molecular weight excluding hydrogens is 360 g/mol. The monoisotopic (exact) mass is 376 g/mol. The maximum Gasteiger partial charge on any atom is 0.320 e. The molecule has 1 aromatic rings. The van der Waals surface area contributed by atoms with E-state index in [4.69, 9.17) is 5.11 Å². The molecule has 1 N–H and O–H groups in total. The van der Waals surface area contributed by atoms with Gasteiger partial charge in [-0.15, -0.1) is 0 Å². The number of hydrogen-bond donors (Lipinski definition) is 1. The van der Waals surface area contributed by atoms with Crippen molar-refractivity contribution in [1.29, 1.82) is 0 Å². The second-order valence-electron chi connectivity index (χ2n) is 4.91. The van der Waals surface area contributed by atoms with Gasteiger partial charge in [0.05, 0.1) is 4.90 Å². The van der Waals surface area contributed by atoms with E-state index < -0.39 is 22.0 Å². The minimum absolute atomic E-state index is 0.247. The topological polar surface area (TPSA) is 77.9 Å².